The van der Waals surface area contributed by atoms with Gasteiger partial charge in [-0.05, 0) is 30.7 Å². The fraction of sp³-hybridized carbons (Fsp3) is 0.235. The van der Waals surface area contributed by atoms with Crippen LogP contribution >= 0.6 is 0 Å². The number of aromatic nitrogens is 4. The van der Waals surface area contributed by atoms with E-state index in [2.05, 4.69) is 15.5 Å². The predicted octanol–water partition coefficient (Wildman–Crippen LogP) is 2.92. The summed E-state index contributed by atoms with van der Waals surface area (Å²) in [5.41, 5.74) is -0.432. The Balaban J connectivity index is 1.72. The Bertz CT molecular complexity index is 1000. The summed E-state index contributed by atoms with van der Waals surface area (Å²) < 4.78 is 28.6. The third-order valence-corrected chi connectivity index (χ3v) is 4.00. The normalized spacial score (nSPS) is 11.0. The Morgan fingerprint density at radius 2 is 2.14 bits per heavy atom. The molecule has 28 heavy (non-hydrogen) atoms. The average molecular weight is 390 g/mol. The molecule has 1 amide bonds. The summed E-state index contributed by atoms with van der Waals surface area (Å²) in [4.78, 5) is 22.4. The van der Waals surface area contributed by atoms with E-state index in [-0.39, 0.29) is 5.69 Å². The summed E-state index contributed by atoms with van der Waals surface area (Å²) in [6, 6.07) is 8.85. The molecule has 0 spiro atoms. The highest BCUT2D eigenvalue weighted by atomic mass is 19.3. The van der Waals surface area contributed by atoms with Crippen molar-refractivity contribution in [3.8, 4) is 0 Å². The molecule has 2 heterocycles. The van der Waals surface area contributed by atoms with Gasteiger partial charge in [0, 0.05) is 18.1 Å². The molecule has 0 fully saturated rings. The van der Waals surface area contributed by atoms with E-state index in [1.165, 1.54) is 6.92 Å². The van der Waals surface area contributed by atoms with E-state index in [1.807, 2.05) is 6.07 Å². The van der Waals surface area contributed by atoms with E-state index < -0.39 is 35.2 Å². The molecule has 1 aromatic carbocycles. The van der Waals surface area contributed by atoms with Crippen LogP contribution < -0.4 is 5.32 Å². The second-order valence-electron chi connectivity index (χ2n) is 5.99. The molecule has 0 saturated heterocycles. The van der Waals surface area contributed by atoms with Gasteiger partial charge < -0.3 is 5.32 Å². The molecule has 3 aromatic rings. The van der Waals surface area contributed by atoms with Gasteiger partial charge in [-0.25, -0.2) is 8.78 Å². The van der Waals surface area contributed by atoms with Gasteiger partial charge in [0.05, 0.1) is 11.5 Å². The van der Waals surface area contributed by atoms with Crippen LogP contribution in [0.15, 0.2) is 42.7 Å². The highest BCUT2D eigenvalue weighted by Gasteiger charge is 2.31. The van der Waals surface area contributed by atoms with Crippen molar-refractivity contribution in [3.63, 3.8) is 0 Å². The number of nitrogens with one attached hydrogen (secondary N) is 1. The number of halogens is 2. The minimum atomic E-state index is -3.11. The monoisotopic (exact) mass is 390 g/mol. The summed E-state index contributed by atoms with van der Waals surface area (Å²) in [6.45, 7) is 1.36. The Morgan fingerprint density at radius 3 is 2.75 bits per heavy atom. The van der Waals surface area contributed by atoms with Gasteiger partial charge in [-0.1, -0.05) is 12.1 Å². The van der Waals surface area contributed by atoms with Crippen LogP contribution in [0.25, 0.3) is 0 Å². The van der Waals surface area contributed by atoms with E-state index in [4.69, 9.17) is 0 Å². The van der Waals surface area contributed by atoms with Crippen LogP contribution in [0.4, 0.5) is 20.2 Å². The largest absolute Gasteiger partial charge is 0.324 e. The molecule has 1 N–H and O–H groups in total. The number of nitro groups is 1. The lowest BCUT2D eigenvalue weighted by Gasteiger charge is -2.08. The number of amides is 1. The highest BCUT2D eigenvalue weighted by molar-refractivity contribution is 5.90. The van der Waals surface area contributed by atoms with Crippen LogP contribution in [0.5, 0.6) is 0 Å². The number of nitrogens with zero attached hydrogens (tertiary/aromatic N) is 5. The fourth-order valence-corrected chi connectivity index (χ4v) is 2.75. The number of anilines is 1. The smallest absolute Gasteiger partial charge is 0.319 e. The molecule has 0 radical (unpaired) electrons. The molecular weight excluding hydrogens is 374 g/mol. The summed E-state index contributed by atoms with van der Waals surface area (Å²) in [5.74, 6) is -0.544. The first-order valence-electron chi connectivity index (χ1n) is 8.21. The Hall–Kier alpha value is -3.63. The molecule has 0 saturated carbocycles. The van der Waals surface area contributed by atoms with E-state index in [9.17, 15) is 23.7 Å². The first kappa shape index (κ1) is 19.1. The van der Waals surface area contributed by atoms with Crippen molar-refractivity contribution in [2.24, 2.45) is 0 Å². The number of rotatable bonds is 7. The third kappa shape index (κ3) is 4.19. The van der Waals surface area contributed by atoms with Crippen molar-refractivity contribution in [1.82, 2.24) is 19.6 Å². The van der Waals surface area contributed by atoms with Crippen LogP contribution in [0.3, 0.4) is 0 Å². The van der Waals surface area contributed by atoms with Crippen LogP contribution in [-0.4, -0.2) is 30.4 Å². The lowest BCUT2D eigenvalue weighted by Crippen LogP contribution is -2.20. The highest BCUT2D eigenvalue weighted by Crippen LogP contribution is 2.30. The number of benzene rings is 1. The average Bonchev–Trinajstić information content (AvgIpc) is 3.23. The summed E-state index contributed by atoms with van der Waals surface area (Å²) in [7, 11) is 0. The lowest BCUT2D eigenvalue weighted by atomic mass is 10.2. The van der Waals surface area contributed by atoms with Crippen LogP contribution in [0, 0.1) is 17.0 Å². The van der Waals surface area contributed by atoms with Gasteiger partial charge in [0.15, 0.2) is 0 Å². The van der Waals surface area contributed by atoms with E-state index >= 15 is 0 Å². The molecule has 0 atom stereocenters. The number of carbonyl (C=O) groups is 1. The van der Waals surface area contributed by atoms with Gasteiger partial charge in [0.2, 0.25) is 11.6 Å². The molecule has 2 aromatic heterocycles. The minimum Gasteiger partial charge on any atom is -0.324 e. The van der Waals surface area contributed by atoms with Gasteiger partial charge in [0.25, 0.3) is 6.43 Å². The molecule has 146 valence electrons. The summed E-state index contributed by atoms with van der Waals surface area (Å²) in [5, 5.41) is 21.3. The first-order valence-corrected chi connectivity index (χ1v) is 8.21. The summed E-state index contributed by atoms with van der Waals surface area (Å²) in [6.07, 6.45) is 0.354. The van der Waals surface area contributed by atoms with Crippen LogP contribution in [0.1, 0.15) is 23.4 Å². The number of carbonyl (C=O) groups excluding carboxylic acids is 1. The van der Waals surface area contributed by atoms with Gasteiger partial charge in [-0.15, -0.1) is 0 Å². The first-order chi connectivity index (χ1) is 13.3. The summed E-state index contributed by atoms with van der Waals surface area (Å²) >= 11 is 0. The topological polar surface area (TPSA) is 108 Å². The molecule has 0 aliphatic rings. The van der Waals surface area contributed by atoms with Gasteiger partial charge in [-0.2, -0.15) is 10.2 Å². The maximum Gasteiger partial charge on any atom is 0.319 e. The fourth-order valence-electron chi connectivity index (χ4n) is 2.75. The molecule has 9 nitrogen and oxygen atoms in total. The third-order valence-electron chi connectivity index (χ3n) is 4.00. The zero-order chi connectivity index (χ0) is 20.3. The Labute approximate surface area is 157 Å². The van der Waals surface area contributed by atoms with E-state index in [1.54, 1.807) is 41.3 Å². The predicted molar refractivity (Wildman–Crippen MR) is 95.0 cm³/mol. The molecule has 11 heteroatoms. The van der Waals surface area contributed by atoms with Gasteiger partial charge in [0.1, 0.15) is 12.2 Å². The Kier molecular flexibility index (Phi) is 5.43. The van der Waals surface area contributed by atoms with Crippen molar-refractivity contribution in [2.45, 2.75) is 26.4 Å². The lowest BCUT2D eigenvalue weighted by molar-refractivity contribution is -0.386. The van der Waals surface area contributed by atoms with Gasteiger partial charge >= 0.3 is 5.69 Å². The van der Waals surface area contributed by atoms with Crippen molar-refractivity contribution >= 4 is 17.3 Å². The standard InChI is InChI=1S/C17H16F2N6O3/c1-11-16(25(27)28)15(17(18)19)22-24(11)10-14(26)21-13-5-2-4-12(8-13)9-23-7-3-6-20-23/h2-8,17H,9-10H2,1H3,(H,21,26). The van der Waals surface area contributed by atoms with Crippen molar-refractivity contribution in [1.29, 1.82) is 0 Å². The number of hydrogen-bond donors (Lipinski definition) is 1. The van der Waals surface area contributed by atoms with Crippen LogP contribution in [0.2, 0.25) is 0 Å². The van der Waals surface area contributed by atoms with E-state index in [0.29, 0.717) is 12.2 Å². The second-order valence-corrected chi connectivity index (χ2v) is 5.99. The van der Waals surface area contributed by atoms with Crippen molar-refractivity contribution in [2.75, 3.05) is 5.32 Å². The minimum absolute atomic E-state index is 0.108. The molecule has 0 aliphatic heterocycles. The molecule has 0 unspecified atom stereocenters. The molecule has 0 aliphatic carbocycles. The van der Waals surface area contributed by atoms with E-state index in [0.717, 1.165) is 10.2 Å². The molecular formula is C17H16F2N6O3. The van der Waals surface area contributed by atoms with Crippen molar-refractivity contribution < 1.29 is 18.5 Å². The van der Waals surface area contributed by atoms with Gasteiger partial charge in [-0.3, -0.25) is 24.3 Å². The number of alkyl halides is 2. The zero-order valence-corrected chi connectivity index (χ0v) is 14.7. The Morgan fingerprint density at radius 1 is 1.36 bits per heavy atom. The zero-order valence-electron chi connectivity index (χ0n) is 14.7. The van der Waals surface area contributed by atoms with Crippen LogP contribution in [-0.2, 0) is 17.9 Å². The number of hydrogen-bond acceptors (Lipinski definition) is 5. The maximum atomic E-state index is 13.0. The maximum absolute atomic E-state index is 13.0. The molecule has 0 bridgehead atoms. The molecule has 3 rings (SSSR count). The second kappa shape index (κ2) is 7.94. The quantitative estimate of drug-likeness (QED) is 0.493. The van der Waals surface area contributed by atoms with Crippen molar-refractivity contribution in [3.05, 3.63) is 69.8 Å². The SMILES string of the molecule is Cc1c([N+](=O)[O-])c(C(F)F)nn1CC(=O)Nc1cccc(Cn2cccn2)c1.